The Morgan fingerprint density at radius 1 is 0.213 bits per heavy atom. The van der Waals surface area contributed by atoms with Crippen LogP contribution in [0.5, 0.6) is 0 Å². The fourth-order valence-corrected chi connectivity index (χ4v) is 11.5. The topological polar surface area (TPSA) is 53.5 Å². The molecule has 4 aromatic heterocycles. The molecule has 0 radical (unpaired) electrons. The molecule has 15 rings (SSSR count). The summed E-state index contributed by atoms with van der Waals surface area (Å²) in [5.74, 6) is 1.70. The van der Waals surface area contributed by atoms with Crippen LogP contribution in [-0.4, -0.2) is 28.7 Å². The van der Waals surface area contributed by atoms with Crippen LogP contribution >= 0.6 is 0 Å². The maximum absolute atomic E-state index is 5.54. The van der Waals surface area contributed by atoms with Crippen molar-refractivity contribution in [1.82, 2.24) is 28.7 Å². The summed E-state index contributed by atoms with van der Waals surface area (Å²) in [5, 5.41) is 6.93. The van der Waals surface area contributed by atoms with Crippen molar-refractivity contribution in [2.75, 3.05) is 0 Å². The summed E-state index contributed by atoms with van der Waals surface area (Å²) in [6.07, 6.45) is 0. The van der Waals surface area contributed by atoms with E-state index in [2.05, 4.69) is 268 Å². The van der Waals surface area contributed by atoms with Crippen LogP contribution in [-0.2, 0) is 0 Å². The SMILES string of the molecule is c1ccc(-c2cccc(-c3nc(-c4cccc(-c5ccccc5)c4)nc(-n4c5ccccc5c5ccc6c7cc(-n8c9ccccc9c9ccccc98)ccc7n(-c7cccc(-c8ccccc8)c7)c6c54)n3)c2)cc1. The normalized spacial score (nSPS) is 11.7. The zero-order valence-corrected chi connectivity index (χ0v) is 40.6. The van der Waals surface area contributed by atoms with Gasteiger partial charge in [-0.15, -0.1) is 0 Å². The fourth-order valence-electron chi connectivity index (χ4n) is 11.5. The van der Waals surface area contributed by atoms with Crippen molar-refractivity contribution in [1.29, 1.82) is 0 Å². The molecule has 0 atom stereocenters. The average molecular weight is 957 g/mol. The van der Waals surface area contributed by atoms with Crippen molar-refractivity contribution < 1.29 is 0 Å². The Kier molecular flexibility index (Phi) is 9.78. The second kappa shape index (κ2) is 17.3. The molecule has 0 N–H and O–H groups in total. The van der Waals surface area contributed by atoms with Gasteiger partial charge in [0.15, 0.2) is 11.6 Å². The van der Waals surface area contributed by atoms with E-state index in [0.29, 0.717) is 17.6 Å². The van der Waals surface area contributed by atoms with Crippen LogP contribution in [0.2, 0.25) is 0 Å². The van der Waals surface area contributed by atoms with Crippen molar-refractivity contribution in [2.45, 2.75) is 0 Å². The minimum atomic E-state index is 0.532. The van der Waals surface area contributed by atoms with E-state index in [0.717, 1.165) is 99.5 Å². The third-order valence-electron chi connectivity index (χ3n) is 14.9. The van der Waals surface area contributed by atoms with Crippen molar-refractivity contribution in [3.63, 3.8) is 0 Å². The van der Waals surface area contributed by atoms with E-state index in [4.69, 9.17) is 15.0 Å². The van der Waals surface area contributed by atoms with Crippen LogP contribution in [0.15, 0.2) is 267 Å². The molecule has 0 aliphatic heterocycles. The third kappa shape index (κ3) is 6.99. The van der Waals surface area contributed by atoms with Gasteiger partial charge in [-0.1, -0.05) is 206 Å². The largest absolute Gasteiger partial charge is 0.309 e. The molecular weight excluding hydrogens is 913 g/mol. The van der Waals surface area contributed by atoms with Crippen LogP contribution in [0.25, 0.3) is 139 Å². The van der Waals surface area contributed by atoms with Gasteiger partial charge in [0.2, 0.25) is 5.95 Å². The van der Waals surface area contributed by atoms with Gasteiger partial charge in [0.1, 0.15) is 0 Å². The standard InChI is InChI=1S/C69H44N6/c1-4-19-45(20-5-1)48-25-16-28-51(41-48)67-70-68(52-29-17-26-49(42-52)46-21-6-2-7-22-46)72-69(71-67)75-63-36-15-12-33-57(63)58-38-39-59-60-44-54(73-61-34-13-10-31-55(61)56-32-11-14-35-62(56)73)37-40-64(60)74(65(59)66(58)75)53-30-18-27-50(43-53)47-23-8-3-9-24-47/h1-44H. The first-order valence-corrected chi connectivity index (χ1v) is 25.4. The molecule has 0 unspecified atom stereocenters. The minimum absolute atomic E-state index is 0.532. The van der Waals surface area contributed by atoms with Crippen LogP contribution in [0, 0.1) is 0 Å². The highest BCUT2D eigenvalue weighted by molar-refractivity contribution is 6.24. The quantitative estimate of drug-likeness (QED) is 0.152. The Labute approximate surface area is 432 Å². The predicted molar refractivity (Wildman–Crippen MR) is 310 cm³/mol. The molecule has 0 fully saturated rings. The molecule has 0 aliphatic rings. The maximum Gasteiger partial charge on any atom is 0.238 e. The average Bonchev–Trinajstić information content (AvgIpc) is 4.22. The molecule has 75 heavy (non-hydrogen) atoms. The first kappa shape index (κ1) is 42.5. The molecule has 0 spiro atoms. The summed E-state index contributed by atoms with van der Waals surface area (Å²) in [7, 11) is 0. The number of hydrogen-bond donors (Lipinski definition) is 0. The molecule has 0 bridgehead atoms. The molecule has 6 heteroatoms. The van der Waals surface area contributed by atoms with Gasteiger partial charge in [0, 0.05) is 54.8 Å². The zero-order chi connectivity index (χ0) is 49.4. The van der Waals surface area contributed by atoms with Gasteiger partial charge in [0.25, 0.3) is 0 Å². The van der Waals surface area contributed by atoms with Gasteiger partial charge in [-0.2, -0.15) is 9.97 Å². The van der Waals surface area contributed by atoms with E-state index in [1.807, 2.05) is 12.1 Å². The molecule has 6 nitrogen and oxygen atoms in total. The van der Waals surface area contributed by atoms with Gasteiger partial charge in [-0.05, 0) is 94.0 Å². The Hall–Kier alpha value is -10.2. The maximum atomic E-state index is 5.54. The van der Waals surface area contributed by atoms with Crippen molar-refractivity contribution in [3.8, 4) is 73.5 Å². The van der Waals surface area contributed by atoms with Gasteiger partial charge in [0.05, 0.1) is 33.1 Å². The molecule has 0 aliphatic carbocycles. The Balaban J connectivity index is 1.05. The van der Waals surface area contributed by atoms with Crippen molar-refractivity contribution in [2.24, 2.45) is 0 Å². The van der Waals surface area contributed by atoms with E-state index < -0.39 is 0 Å². The lowest BCUT2D eigenvalue weighted by Crippen LogP contribution is -2.07. The van der Waals surface area contributed by atoms with Gasteiger partial charge >= 0.3 is 0 Å². The molecule has 11 aromatic carbocycles. The zero-order valence-electron chi connectivity index (χ0n) is 40.6. The second-order valence-corrected chi connectivity index (χ2v) is 19.2. The first-order valence-electron chi connectivity index (χ1n) is 25.4. The van der Waals surface area contributed by atoms with Crippen LogP contribution < -0.4 is 0 Å². The molecular formula is C69H44N6. The lowest BCUT2D eigenvalue weighted by atomic mass is 10.0. The molecule has 0 saturated heterocycles. The predicted octanol–water partition coefficient (Wildman–Crippen LogP) is 17.5. The van der Waals surface area contributed by atoms with Crippen molar-refractivity contribution in [3.05, 3.63) is 267 Å². The fraction of sp³-hybridized carbons (Fsp3) is 0. The smallest absolute Gasteiger partial charge is 0.238 e. The summed E-state index contributed by atoms with van der Waals surface area (Å²) in [5.41, 5.74) is 17.2. The van der Waals surface area contributed by atoms with E-state index in [1.165, 1.54) is 21.8 Å². The van der Waals surface area contributed by atoms with Crippen molar-refractivity contribution >= 4 is 65.4 Å². The minimum Gasteiger partial charge on any atom is -0.309 e. The number of para-hydroxylation sites is 3. The second-order valence-electron chi connectivity index (χ2n) is 19.2. The number of hydrogen-bond acceptors (Lipinski definition) is 3. The lowest BCUT2D eigenvalue weighted by Gasteiger charge is -2.14. The summed E-state index contributed by atoms with van der Waals surface area (Å²) in [4.78, 5) is 16.4. The summed E-state index contributed by atoms with van der Waals surface area (Å²) >= 11 is 0. The van der Waals surface area contributed by atoms with E-state index in [-0.39, 0.29) is 0 Å². The highest BCUT2D eigenvalue weighted by atomic mass is 15.2. The molecule has 0 saturated carbocycles. The number of rotatable bonds is 8. The first-order chi connectivity index (χ1) is 37.2. The lowest BCUT2D eigenvalue weighted by molar-refractivity contribution is 0.953. The molecule has 15 aromatic rings. The summed E-state index contributed by atoms with van der Waals surface area (Å²) < 4.78 is 7.15. The summed E-state index contributed by atoms with van der Waals surface area (Å²) in [6, 6.07) is 95.3. The Morgan fingerprint density at radius 3 is 1.15 bits per heavy atom. The molecule has 0 amide bonds. The van der Waals surface area contributed by atoms with Crippen LogP contribution in [0.3, 0.4) is 0 Å². The number of nitrogens with zero attached hydrogens (tertiary/aromatic N) is 6. The van der Waals surface area contributed by atoms with Gasteiger partial charge < -0.3 is 9.13 Å². The van der Waals surface area contributed by atoms with Crippen LogP contribution in [0.1, 0.15) is 0 Å². The third-order valence-corrected chi connectivity index (χ3v) is 14.9. The molecule has 350 valence electrons. The van der Waals surface area contributed by atoms with E-state index in [9.17, 15) is 0 Å². The Bertz CT molecular complexity index is 4550. The Morgan fingerprint density at radius 2 is 0.600 bits per heavy atom. The molecule has 4 heterocycles. The number of aromatic nitrogens is 6. The van der Waals surface area contributed by atoms with E-state index >= 15 is 0 Å². The summed E-state index contributed by atoms with van der Waals surface area (Å²) in [6.45, 7) is 0. The number of benzene rings is 11. The highest BCUT2D eigenvalue weighted by Crippen LogP contribution is 2.44. The van der Waals surface area contributed by atoms with Gasteiger partial charge in [-0.3, -0.25) is 4.57 Å². The number of fused-ring (bicyclic) bond motifs is 10. The van der Waals surface area contributed by atoms with Crippen LogP contribution in [0.4, 0.5) is 0 Å². The monoisotopic (exact) mass is 956 g/mol. The van der Waals surface area contributed by atoms with Gasteiger partial charge in [-0.25, -0.2) is 4.98 Å². The van der Waals surface area contributed by atoms with E-state index in [1.54, 1.807) is 0 Å². The highest BCUT2D eigenvalue weighted by Gasteiger charge is 2.25.